The summed E-state index contributed by atoms with van der Waals surface area (Å²) in [5.41, 5.74) is 2.35. The van der Waals surface area contributed by atoms with Gasteiger partial charge in [0.25, 0.3) is 0 Å². The standard InChI is InChI=1S/C17H11BrN2O/c1-11-6-7-16(14(18)8-11)21-17-12(9-19)10-20-15-5-3-2-4-13(15)17/h2-8,10H,1H3. The van der Waals surface area contributed by atoms with Crippen molar-refractivity contribution < 1.29 is 4.74 Å². The second-order valence-corrected chi connectivity index (χ2v) is 5.52. The fourth-order valence-electron chi connectivity index (χ4n) is 2.10. The average molecular weight is 339 g/mol. The molecule has 102 valence electrons. The molecule has 0 saturated heterocycles. The zero-order valence-corrected chi connectivity index (χ0v) is 12.9. The van der Waals surface area contributed by atoms with E-state index in [1.807, 2.05) is 49.4 Å². The predicted octanol–water partition coefficient (Wildman–Crippen LogP) is 4.97. The van der Waals surface area contributed by atoms with E-state index in [2.05, 4.69) is 27.0 Å². The molecule has 0 saturated carbocycles. The first kappa shape index (κ1) is 13.6. The van der Waals surface area contributed by atoms with E-state index in [4.69, 9.17) is 4.74 Å². The van der Waals surface area contributed by atoms with E-state index in [9.17, 15) is 5.26 Å². The van der Waals surface area contributed by atoms with Crippen LogP contribution in [0.15, 0.2) is 53.1 Å². The second kappa shape index (κ2) is 5.55. The molecule has 3 aromatic rings. The minimum atomic E-state index is 0.418. The summed E-state index contributed by atoms with van der Waals surface area (Å²) in [5.74, 6) is 1.21. The van der Waals surface area contributed by atoms with Gasteiger partial charge in [0, 0.05) is 11.6 Å². The molecule has 3 rings (SSSR count). The van der Waals surface area contributed by atoms with Crippen molar-refractivity contribution in [2.24, 2.45) is 0 Å². The Kier molecular flexibility index (Phi) is 3.59. The molecule has 3 nitrogen and oxygen atoms in total. The third-order valence-corrected chi connectivity index (χ3v) is 3.77. The molecule has 0 aliphatic rings. The number of para-hydroxylation sites is 1. The summed E-state index contributed by atoms with van der Waals surface area (Å²) in [7, 11) is 0. The molecule has 2 aromatic carbocycles. The van der Waals surface area contributed by atoms with E-state index in [1.165, 1.54) is 0 Å². The molecule has 0 bridgehead atoms. The van der Waals surface area contributed by atoms with Crippen LogP contribution in [0.2, 0.25) is 0 Å². The van der Waals surface area contributed by atoms with Crippen LogP contribution in [-0.2, 0) is 0 Å². The van der Waals surface area contributed by atoms with Gasteiger partial charge in [-0.2, -0.15) is 5.26 Å². The van der Waals surface area contributed by atoms with E-state index in [1.54, 1.807) is 6.20 Å². The number of ether oxygens (including phenoxy) is 1. The summed E-state index contributed by atoms with van der Waals surface area (Å²) in [6.07, 6.45) is 1.54. The van der Waals surface area contributed by atoms with Crippen LogP contribution >= 0.6 is 15.9 Å². The maximum atomic E-state index is 9.29. The SMILES string of the molecule is Cc1ccc(Oc2c(C#N)cnc3ccccc23)c(Br)c1. The van der Waals surface area contributed by atoms with Crippen LogP contribution in [0.5, 0.6) is 11.5 Å². The largest absolute Gasteiger partial charge is 0.454 e. The van der Waals surface area contributed by atoms with Crippen molar-refractivity contribution in [2.45, 2.75) is 6.92 Å². The van der Waals surface area contributed by atoms with E-state index in [-0.39, 0.29) is 0 Å². The van der Waals surface area contributed by atoms with Gasteiger partial charge in [0.1, 0.15) is 17.4 Å². The molecule has 0 aliphatic carbocycles. The van der Waals surface area contributed by atoms with Crippen LogP contribution in [0, 0.1) is 18.3 Å². The number of fused-ring (bicyclic) bond motifs is 1. The molecule has 4 heteroatoms. The quantitative estimate of drug-likeness (QED) is 0.662. The van der Waals surface area contributed by atoms with Crippen molar-refractivity contribution in [1.82, 2.24) is 4.98 Å². The molecule has 0 spiro atoms. The Labute approximate surface area is 130 Å². The van der Waals surface area contributed by atoms with Gasteiger partial charge in [-0.25, -0.2) is 0 Å². The third kappa shape index (κ3) is 2.61. The highest BCUT2D eigenvalue weighted by atomic mass is 79.9. The van der Waals surface area contributed by atoms with Gasteiger partial charge < -0.3 is 4.74 Å². The highest BCUT2D eigenvalue weighted by Crippen LogP contribution is 2.35. The van der Waals surface area contributed by atoms with Crippen LogP contribution in [-0.4, -0.2) is 4.98 Å². The topological polar surface area (TPSA) is 45.9 Å². The summed E-state index contributed by atoms with van der Waals surface area (Å²) in [4.78, 5) is 4.28. The maximum absolute atomic E-state index is 9.29. The minimum absolute atomic E-state index is 0.418. The first-order chi connectivity index (χ1) is 10.2. The lowest BCUT2D eigenvalue weighted by molar-refractivity contribution is 0.483. The summed E-state index contributed by atoms with van der Waals surface area (Å²) in [5, 5.41) is 10.1. The molecule has 0 amide bonds. The number of nitriles is 1. The van der Waals surface area contributed by atoms with Crippen LogP contribution in [0.25, 0.3) is 10.9 Å². The fourth-order valence-corrected chi connectivity index (χ4v) is 2.68. The number of pyridine rings is 1. The van der Waals surface area contributed by atoms with Crippen molar-refractivity contribution in [2.75, 3.05) is 0 Å². The Morgan fingerprint density at radius 3 is 2.76 bits per heavy atom. The molecule has 0 radical (unpaired) electrons. The van der Waals surface area contributed by atoms with E-state index >= 15 is 0 Å². The van der Waals surface area contributed by atoms with Gasteiger partial charge in [-0.15, -0.1) is 0 Å². The van der Waals surface area contributed by atoms with Gasteiger partial charge >= 0.3 is 0 Å². The van der Waals surface area contributed by atoms with Crippen molar-refractivity contribution in [3.05, 3.63) is 64.3 Å². The molecule has 0 fully saturated rings. The van der Waals surface area contributed by atoms with E-state index < -0.39 is 0 Å². The van der Waals surface area contributed by atoms with Crippen LogP contribution < -0.4 is 4.74 Å². The number of aryl methyl sites for hydroxylation is 1. The molecular weight excluding hydrogens is 328 g/mol. The summed E-state index contributed by atoms with van der Waals surface area (Å²) in [6.45, 7) is 2.01. The van der Waals surface area contributed by atoms with Crippen LogP contribution in [0.3, 0.4) is 0 Å². The Morgan fingerprint density at radius 1 is 1.19 bits per heavy atom. The van der Waals surface area contributed by atoms with Gasteiger partial charge in [0.05, 0.1) is 9.99 Å². The summed E-state index contributed by atoms with van der Waals surface area (Å²) >= 11 is 3.49. The first-order valence-electron chi connectivity index (χ1n) is 6.41. The average Bonchev–Trinajstić information content (AvgIpc) is 2.50. The lowest BCUT2D eigenvalue weighted by atomic mass is 10.1. The number of rotatable bonds is 2. The van der Waals surface area contributed by atoms with Gasteiger partial charge in [-0.1, -0.05) is 18.2 Å². The van der Waals surface area contributed by atoms with E-state index in [0.29, 0.717) is 17.1 Å². The van der Waals surface area contributed by atoms with E-state index in [0.717, 1.165) is 20.9 Å². The second-order valence-electron chi connectivity index (χ2n) is 4.67. The monoisotopic (exact) mass is 338 g/mol. The Hall–Kier alpha value is -2.38. The molecule has 0 N–H and O–H groups in total. The lowest BCUT2D eigenvalue weighted by Crippen LogP contribution is -1.93. The number of nitrogens with zero attached hydrogens (tertiary/aromatic N) is 2. The Morgan fingerprint density at radius 2 is 2.00 bits per heavy atom. The van der Waals surface area contributed by atoms with Crippen molar-refractivity contribution in [1.29, 1.82) is 5.26 Å². The predicted molar refractivity (Wildman–Crippen MR) is 85.4 cm³/mol. The highest BCUT2D eigenvalue weighted by molar-refractivity contribution is 9.10. The smallest absolute Gasteiger partial charge is 0.156 e. The van der Waals surface area contributed by atoms with Crippen LogP contribution in [0.1, 0.15) is 11.1 Å². The molecule has 21 heavy (non-hydrogen) atoms. The van der Waals surface area contributed by atoms with Crippen molar-refractivity contribution >= 4 is 26.8 Å². The first-order valence-corrected chi connectivity index (χ1v) is 7.20. The zero-order chi connectivity index (χ0) is 14.8. The van der Waals surface area contributed by atoms with Gasteiger partial charge in [-0.05, 0) is 52.7 Å². The minimum Gasteiger partial charge on any atom is -0.454 e. The number of benzene rings is 2. The van der Waals surface area contributed by atoms with Crippen LogP contribution in [0.4, 0.5) is 0 Å². The molecule has 1 aromatic heterocycles. The number of halogens is 1. The zero-order valence-electron chi connectivity index (χ0n) is 11.3. The highest BCUT2D eigenvalue weighted by Gasteiger charge is 2.12. The van der Waals surface area contributed by atoms with Gasteiger partial charge in [-0.3, -0.25) is 4.98 Å². The molecule has 0 atom stereocenters. The lowest BCUT2D eigenvalue weighted by Gasteiger charge is -2.12. The number of hydrogen-bond acceptors (Lipinski definition) is 3. The van der Waals surface area contributed by atoms with Crippen molar-refractivity contribution in [3.8, 4) is 17.6 Å². The van der Waals surface area contributed by atoms with Gasteiger partial charge in [0.15, 0.2) is 5.75 Å². The molecular formula is C17H11BrN2O. The molecule has 0 unspecified atom stereocenters. The third-order valence-electron chi connectivity index (χ3n) is 3.15. The van der Waals surface area contributed by atoms with Crippen molar-refractivity contribution in [3.63, 3.8) is 0 Å². The number of hydrogen-bond donors (Lipinski definition) is 0. The number of aromatic nitrogens is 1. The fraction of sp³-hybridized carbons (Fsp3) is 0.0588. The molecule has 0 aliphatic heterocycles. The molecule has 1 heterocycles. The summed E-state index contributed by atoms with van der Waals surface area (Å²) in [6, 6.07) is 15.6. The Bertz CT molecular complexity index is 868. The summed E-state index contributed by atoms with van der Waals surface area (Å²) < 4.78 is 6.84. The Balaban J connectivity index is 2.17. The van der Waals surface area contributed by atoms with Gasteiger partial charge in [0.2, 0.25) is 0 Å². The normalized spacial score (nSPS) is 10.3. The maximum Gasteiger partial charge on any atom is 0.156 e.